The molecule has 1 N–H and O–H groups in total. The summed E-state index contributed by atoms with van der Waals surface area (Å²) in [6, 6.07) is 8.27. The molecule has 1 aliphatic heterocycles. The van der Waals surface area contributed by atoms with E-state index in [9.17, 15) is 9.18 Å². The number of benzene rings is 1. The fourth-order valence-electron chi connectivity index (χ4n) is 3.04. The van der Waals surface area contributed by atoms with Gasteiger partial charge in [-0.25, -0.2) is 4.39 Å². The molecule has 0 bridgehead atoms. The molecular formula is C17H14FN3O. The molecule has 2 aromatic heterocycles. The first-order valence-electron chi connectivity index (χ1n) is 7.20. The number of nitrogens with one attached hydrogen (secondary N) is 1. The van der Waals surface area contributed by atoms with Crippen LogP contribution >= 0.6 is 0 Å². The van der Waals surface area contributed by atoms with Crippen molar-refractivity contribution < 1.29 is 9.18 Å². The normalized spacial score (nSPS) is 14.1. The molecule has 5 heteroatoms. The minimum atomic E-state index is -0.255. The van der Waals surface area contributed by atoms with Crippen molar-refractivity contribution in [1.29, 1.82) is 0 Å². The zero-order chi connectivity index (χ0) is 15.1. The van der Waals surface area contributed by atoms with Crippen LogP contribution < -0.4 is 0 Å². The minimum Gasteiger partial charge on any atom is -0.358 e. The van der Waals surface area contributed by atoms with Gasteiger partial charge in [0.15, 0.2) is 0 Å². The number of pyridine rings is 1. The van der Waals surface area contributed by atoms with Gasteiger partial charge in [-0.2, -0.15) is 0 Å². The Bertz CT molecular complexity index is 857. The Morgan fingerprint density at radius 1 is 1.32 bits per heavy atom. The van der Waals surface area contributed by atoms with Crippen molar-refractivity contribution in [3.8, 4) is 0 Å². The van der Waals surface area contributed by atoms with Crippen molar-refractivity contribution in [2.75, 3.05) is 6.54 Å². The van der Waals surface area contributed by atoms with Crippen LogP contribution in [-0.4, -0.2) is 27.3 Å². The molecule has 0 saturated carbocycles. The second kappa shape index (κ2) is 4.94. The molecule has 0 spiro atoms. The van der Waals surface area contributed by atoms with Crippen LogP contribution in [0.25, 0.3) is 10.9 Å². The molecule has 1 aliphatic rings. The maximum atomic E-state index is 13.3. The number of nitrogens with zero attached hydrogens (tertiary/aromatic N) is 2. The second-order valence-electron chi connectivity index (χ2n) is 5.49. The Morgan fingerprint density at radius 2 is 2.23 bits per heavy atom. The molecule has 3 aromatic rings. The summed E-state index contributed by atoms with van der Waals surface area (Å²) in [7, 11) is 0. The number of aromatic nitrogens is 2. The van der Waals surface area contributed by atoms with Gasteiger partial charge in [-0.05, 0) is 30.3 Å². The highest BCUT2D eigenvalue weighted by atomic mass is 19.1. The largest absolute Gasteiger partial charge is 0.358 e. The molecule has 4 nitrogen and oxygen atoms in total. The lowest BCUT2D eigenvalue weighted by atomic mass is 10.0. The van der Waals surface area contributed by atoms with Crippen molar-refractivity contribution in [3.63, 3.8) is 0 Å². The molecule has 0 fully saturated rings. The van der Waals surface area contributed by atoms with E-state index in [1.54, 1.807) is 30.6 Å². The molecule has 4 rings (SSSR count). The predicted octanol–water partition coefficient (Wildman–Crippen LogP) is 2.90. The van der Waals surface area contributed by atoms with Crippen LogP contribution in [0.1, 0.15) is 21.6 Å². The van der Waals surface area contributed by atoms with E-state index >= 15 is 0 Å². The summed E-state index contributed by atoms with van der Waals surface area (Å²) < 4.78 is 13.3. The summed E-state index contributed by atoms with van der Waals surface area (Å²) in [4.78, 5) is 21.6. The van der Waals surface area contributed by atoms with Crippen LogP contribution in [0.4, 0.5) is 4.39 Å². The Balaban J connectivity index is 1.69. The van der Waals surface area contributed by atoms with Crippen LogP contribution in [0.5, 0.6) is 0 Å². The molecule has 0 aliphatic carbocycles. The summed E-state index contributed by atoms with van der Waals surface area (Å²) in [6.45, 7) is 1.19. The van der Waals surface area contributed by atoms with Crippen LogP contribution in [0, 0.1) is 5.82 Å². The maximum Gasteiger partial charge on any atom is 0.255 e. The number of hydrogen-bond donors (Lipinski definition) is 1. The standard InChI is InChI=1S/C17H14FN3O/c18-12-3-4-13-14-10-21(7-5-15(14)20-16(13)8-12)17(22)11-2-1-6-19-9-11/h1-4,6,8-9,20H,5,7,10H2. The highest BCUT2D eigenvalue weighted by molar-refractivity contribution is 5.94. The van der Waals surface area contributed by atoms with Crippen molar-refractivity contribution in [3.05, 3.63) is 65.4 Å². The van der Waals surface area contributed by atoms with Gasteiger partial charge in [-0.15, -0.1) is 0 Å². The molecular weight excluding hydrogens is 281 g/mol. The van der Waals surface area contributed by atoms with Gasteiger partial charge < -0.3 is 9.88 Å². The zero-order valence-corrected chi connectivity index (χ0v) is 11.8. The number of hydrogen-bond acceptors (Lipinski definition) is 2. The lowest BCUT2D eigenvalue weighted by Gasteiger charge is -2.27. The quantitative estimate of drug-likeness (QED) is 0.750. The fourth-order valence-corrected chi connectivity index (χ4v) is 3.04. The average molecular weight is 295 g/mol. The van der Waals surface area contributed by atoms with Crippen molar-refractivity contribution in [2.45, 2.75) is 13.0 Å². The second-order valence-corrected chi connectivity index (χ2v) is 5.49. The summed E-state index contributed by atoms with van der Waals surface area (Å²) in [6.07, 6.45) is 3.99. The van der Waals surface area contributed by atoms with Crippen molar-refractivity contribution in [1.82, 2.24) is 14.9 Å². The van der Waals surface area contributed by atoms with Crippen LogP contribution in [0.2, 0.25) is 0 Å². The molecule has 22 heavy (non-hydrogen) atoms. The zero-order valence-electron chi connectivity index (χ0n) is 11.8. The van der Waals surface area contributed by atoms with Gasteiger partial charge in [0.25, 0.3) is 5.91 Å². The number of aromatic amines is 1. The Hall–Kier alpha value is -2.69. The predicted molar refractivity (Wildman–Crippen MR) is 80.9 cm³/mol. The smallest absolute Gasteiger partial charge is 0.255 e. The van der Waals surface area contributed by atoms with Gasteiger partial charge >= 0.3 is 0 Å². The van der Waals surface area contributed by atoms with Gasteiger partial charge in [0.2, 0.25) is 0 Å². The third kappa shape index (κ3) is 2.06. The lowest BCUT2D eigenvalue weighted by molar-refractivity contribution is 0.0734. The fraction of sp³-hybridized carbons (Fsp3) is 0.176. The van der Waals surface area contributed by atoms with Crippen molar-refractivity contribution in [2.24, 2.45) is 0 Å². The minimum absolute atomic E-state index is 0.0183. The third-order valence-electron chi connectivity index (χ3n) is 4.13. The molecule has 0 saturated heterocycles. The first-order chi connectivity index (χ1) is 10.7. The number of fused-ring (bicyclic) bond motifs is 3. The number of carbonyl (C=O) groups excluding carboxylic acids is 1. The average Bonchev–Trinajstić information content (AvgIpc) is 2.91. The Labute approximate surface area is 126 Å². The first-order valence-corrected chi connectivity index (χ1v) is 7.20. The van der Waals surface area contributed by atoms with E-state index in [2.05, 4.69) is 9.97 Å². The molecule has 110 valence electrons. The van der Waals surface area contributed by atoms with Gasteiger partial charge in [-0.3, -0.25) is 9.78 Å². The number of H-pyrrole nitrogens is 1. The van der Waals surface area contributed by atoms with E-state index in [4.69, 9.17) is 0 Å². The Morgan fingerprint density at radius 3 is 3.05 bits per heavy atom. The molecule has 1 aromatic carbocycles. The van der Waals surface area contributed by atoms with Gasteiger partial charge in [-0.1, -0.05) is 0 Å². The first kappa shape index (κ1) is 13.0. The van der Waals surface area contributed by atoms with E-state index in [0.717, 1.165) is 28.6 Å². The molecule has 0 atom stereocenters. The Kier molecular flexibility index (Phi) is 2.92. The lowest BCUT2D eigenvalue weighted by Crippen LogP contribution is -2.35. The van der Waals surface area contributed by atoms with E-state index in [1.807, 2.05) is 4.90 Å². The summed E-state index contributed by atoms with van der Waals surface area (Å²) in [5, 5.41) is 0.986. The van der Waals surface area contributed by atoms with Crippen LogP contribution in [0.15, 0.2) is 42.7 Å². The molecule has 0 radical (unpaired) electrons. The monoisotopic (exact) mass is 295 g/mol. The molecule has 1 amide bonds. The third-order valence-corrected chi connectivity index (χ3v) is 4.13. The summed E-state index contributed by atoms with van der Waals surface area (Å²) >= 11 is 0. The maximum absolute atomic E-state index is 13.3. The van der Waals surface area contributed by atoms with Gasteiger partial charge in [0, 0.05) is 54.1 Å². The number of amides is 1. The number of carbonyl (C=O) groups is 1. The molecule has 0 unspecified atom stereocenters. The van der Waals surface area contributed by atoms with Crippen molar-refractivity contribution >= 4 is 16.8 Å². The van der Waals surface area contributed by atoms with E-state index in [1.165, 1.54) is 12.1 Å². The summed E-state index contributed by atoms with van der Waals surface area (Å²) in [5.41, 5.74) is 3.56. The van der Waals surface area contributed by atoms with E-state index in [-0.39, 0.29) is 11.7 Å². The highest BCUT2D eigenvalue weighted by Crippen LogP contribution is 2.28. The highest BCUT2D eigenvalue weighted by Gasteiger charge is 2.24. The summed E-state index contributed by atoms with van der Waals surface area (Å²) in [5.74, 6) is -0.274. The van der Waals surface area contributed by atoms with E-state index < -0.39 is 0 Å². The number of rotatable bonds is 1. The van der Waals surface area contributed by atoms with Gasteiger partial charge in [0.05, 0.1) is 5.56 Å². The van der Waals surface area contributed by atoms with Crippen LogP contribution in [-0.2, 0) is 13.0 Å². The van der Waals surface area contributed by atoms with Gasteiger partial charge in [0.1, 0.15) is 5.82 Å². The van der Waals surface area contributed by atoms with E-state index in [0.29, 0.717) is 18.7 Å². The SMILES string of the molecule is O=C(c1cccnc1)N1CCc2[nH]c3cc(F)ccc3c2C1. The number of halogens is 1. The topological polar surface area (TPSA) is 49.0 Å². The van der Waals surface area contributed by atoms with Crippen LogP contribution in [0.3, 0.4) is 0 Å². The molecule has 3 heterocycles.